The van der Waals surface area contributed by atoms with Crippen LogP contribution >= 0.6 is 11.6 Å². The van der Waals surface area contributed by atoms with Crippen molar-refractivity contribution >= 4 is 23.0 Å². The predicted octanol–water partition coefficient (Wildman–Crippen LogP) is 4.70. The van der Waals surface area contributed by atoms with E-state index in [0.717, 1.165) is 12.1 Å². The van der Waals surface area contributed by atoms with Crippen molar-refractivity contribution in [3.8, 4) is 0 Å². The predicted molar refractivity (Wildman–Crippen MR) is 76.5 cm³/mol. The molecule has 0 amide bonds. The molecule has 0 radical (unpaired) electrons. The first-order valence-electron chi connectivity index (χ1n) is 6.04. The summed E-state index contributed by atoms with van der Waals surface area (Å²) >= 11 is 5.60. The van der Waals surface area contributed by atoms with E-state index in [1.54, 1.807) is 13.0 Å². The number of rotatable bonds is 4. The lowest BCUT2D eigenvalue weighted by Gasteiger charge is -2.16. The molecule has 2 rings (SSSR count). The number of hydrogen-bond acceptors (Lipinski definition) is 3. The van der Waals surface area contributed by atoms with Crippen LogP contribution in [-0.2, 0) is 0 Å². The van der Waals surface area contributed by atoms with E-state index in [-0.39, 0.29) is 16.4 Å². The van der Waals surface area contributed by atoms with Crippen molar-refractivity contribution in [1.82, 2.24) is 0 Å². The summed E-state index contributed by atoms with van der Waals surface area (Å²) < 4.78 is 26.5. The Balaban J connectivity index is 2.29. The normalized spacial score (nSPS) is 12.0. The van der Waals surface area contributed by atoms with Gasteiger partial charge in [0, 0.05) is 6.04 Å². The van der Waals surface area contributed by atoms with Gasteiger partial charge < -0.3 is 5.32 Å². The Hall–Kier alpha value is -2.21. The summed E-state index contributed by atoms with van der Waals surface area (Å²) in [5.41, 5.74) is 0.344. The Morgan fingerprint density at radius 3 is 2.57 bits per heavy atom. The second-order valence-electron chi connectivity index (χ2n) is 4.46. The summed E-state index contributed by atoms with van der Waals surface area (Å²) in [4.78, 5) is 10.2. The molecule has 0 aliphatic carbocycles. The molecule has 0 aromatic heterocycles. The molecule has 1 N–H and O–H groups in total. The van der Waals surface area contributed by atoms with Crippen LogP contribution in [0, 0.1) is 21.7 Å². The van der Waals surface area contributed by atoms with Crippen molar-refractivity contribution in [3.63, 3.8) is 0 Å². The summed E-state index contributed by atoms with van der Waals surface area (Å²) in [6.07, 6.45) is 0. The van der Waals surface area contributed by atoms with E-state index in [0.29, 0.717) is 5.56 Å². The lowest BCUT2D eigenvalue weighted by molar-refractivity contribution is -0.384. The van der Waals surface area contributed by atoms with Crippen LogP contribution in [0.25, 0.3) is 0 Å². The zero-order chi connectivity index (χ0) is 15.6. The van der Waals surface area contributed by atoms with E-state index in [9.17, 15) is 18.9 Å². The molecule has 0 saturated heterocycles. The summed E-state index contributed by atoms with van der Waals surface area (Å²) in [5.74, 6) is -1.27. The lowest BCUT2D eigenvalue weighted by atomic mass is 10.1. The second kappa shape index (κ2) is 6.05. The topological polar surface area (TPSA) is 55.2 Å². The van der Waals surface area contributed by atoms with Crippen molar-refractivity contribution in [1.29, 1.82) is 0 Å². The average Bonchev–Trinajstić information content (AvgIpc) is 2.43. The first kappa shape index (κ1) is 15.2. The van der Waals surface area contributed by atoms with Gasteiger partial charge in [0.15, 0.2) is 0 Å². The molecule has 2 aromatic carbocycles. The second-order valence-corrected chi connectivity index (χ2v) is 4.87. The number of nitrogens with zero attached hydrogens (tertiary/aromatic N) is 1. The highest BCUT2D eigenvalue weighted by molar-refractivity contribution is 6.30. The third kappa shape index (κ3) is 3.46. The van der Waals surface area contributed by atoms with Crippen molar-refractivity contribution in [3.05, 3.63) is 68.7 Å². The first-order valence-corrected chi connectivity index (χ1v) is 6.41. The van der Waals surface area contributed by atoms with Crippen LogP contribution in [0.15, 0.2) is 36.4 Å². The van der Waals surface area contributed by atoms with Gasteiger partial charge in [0.05, 0.1) is 16.0 Å². The van der Waals surface area contributed by atoms with Gasteiger partial charge >= 0.3 is 0 Å². The number of nitrogens with one attached hydrogen (secondary N) is 1. The molecule has 0 aliphatic heterocycles. The van der Waals surface area contributed by atoms with Crippen LogP contribution in [0.3, 0.4) is 0 Å². The molecule has 2 aromatic rings. The maximum Gasteiger partial charge on any atom is 0.295 e. The number of halogens is 3. The zero-order valence-corrected chi connectivity index (χ0v) is 11.7. The van der Waals surface area contributed by atoms with Crippen molar-refractivity contribution in [2.45, 2.75) is 13.0 Å². The third-order valence-corrected chi connectivity index (χ3v) is 3.28. The summed E-state index contributed by atoms with van der Waals surface area (Å²) in [6, 6.07) is 7.07. The van der Waals surface area contributed by atoms with E-state index in [1.807, 2.05) is 0 Å². The number of anilines is 1. The molecule has 4 nitrogen and oxygen atoms in total. The molecule has 0 aliphatic rings. The Morgan fingerprint density at radius 1 is 1.24 bits per heavy atom. The summed E-state index contributed by atoms with van der Waals surface area (Å²) in [6.45, 7) is 1.70. The Kier molecular flexibility index (Phi) is 4.37. The zero-order valence-electron chi connectivity index (χ0n) is 10.9. The van der Waals surface area contributed by atoms with Gasteiger partial charge in [0.25, 0.3) is 5.69 Å². The highest BCUT2D eigenvalue weighted by Crippen LogP contribution is 2.29. The molecule has 0 bridgehead atoms. The molecular weight excluding hydrogens is 302 g/mol. The minimum Gasteiger partial charge on any atom is -0.373 e. The van der Waals surface area contributed by atoms with Gasteiger partial charge in [-0.1, -0.05) is 17.7 Å². The summed E-state index contributed by atoms with van der Waals surface area (Å²) in [5, 5.41) is 13.8. The van der Waals surface area contributed by atoms with Gasteiger partial charge in [-0.05, 0) is 36.8 Å². The third-order valence-electron chi connectivity index (χ3n) is 2.97. The molecule has 21 heavy (non-hydrogen) atoms. The summed E-state index contributed by atoms with van der Waals surface area (Å²) in [7, 11) is 0. The molecular formula is C14H11ClF2N2O2. The maximum absolute atomic E-state index is 13.4. The van der Waals surface area contributed by atoms with E-state index in [2.05, 4.69) is 5.32 Å². The van der Waals surface area contributed by atoms with Crippen LogP contribution in [0.4, 0.5) is 20.2 Å². The molecule has 7 heteroatoms. The standard InChI is InChI=1S/C14H11ClF2N2O2/c1-8(9-2-4-11(15)12(17)6-9)18-13-5-3-10(16)7-14(13)19(20)21/h2-8,18H,1H3. The Bertz CT molecular complexity index is 695. The van der Waals surface area contributed by atoms with Gasteiger partial charge in [0.1, 0.15) is 17.3 Å². The largest absolute Gasteiger partial charge is 0.373 e. The van der Waals surface area contributed by atoms with Crippen LogP contribution in [0.5, 0.6) is 0 Å². The number of benzene rings is 2. The minimum atomic E-state index is -0.697. The molecule has 0 heterocycles. The average molecular weight is 313 g/mol. The fraction of sp³-hybridized carbons (Fsp3) is 0.143. The van der Waals surface area contributed by atoms with Gasteiger partial charge in [-0.3, -0.25) is 10.1 Å². The molecule has 1 unspecified atom stereocenters. The van der Waals surface area contributed by atoms with Crippen LogP contribution < -0.4 is 5.32 Å². The fourth-order valence-corrected chi connectivity index (χ4v) is 1.99. The van der Waals surface area contributed by atoms with Crippen molar-refractivity contribution < 1.29 is 13.7 Å². The van der Waals surface area contributed by atoms with Crippen molar-refractivity contribution in [2.75, 3.05) is 5.32 Å². The molecule has 0 saturated carbocycles. The van der Waals surface area contributed by atoms with E-state index in [4.69, 9.17) is 11.6 Å². The molecule has 1 atom stereocenters. The van der Waals surface area contributed by atoms with Crippen LogP contribution in [0.1, 0.15) is 18.5 Å². The monoisotopic (exact) mass is 312 g/mol. The lowest BCUT2D eigenvalue weighted by Crippen LogP contribution is -2.09. The van der Waals surface area contributed by atoms with Crippen molar-refractivity contribution in [2.24, 2.45) is 0 Å². The molecule has 110 valence electrons. The fourth-order valence-electron chi connectivity index (χ4n) is 1.88. The first-order chi connectivity index (χ1) is 9.88. The van der Waals surface area contributed by atoms with E-state index < -0.39 is 22.6 Å². The molecule has 0 spiro atoms. The van der Waals surface area contributed by atoms with Gasteiger partial charge in [-0.2, -0.15) is 0 Å². The maximum atomic E-state index is 13.4. The number of nitro benzene ring substituents is 1. The highest BCUT2D eigenvalue weighted by atomic mass is 35.5. The molecule has 0 fully saturated rings. The van der Waals surface area contributed by atoms with Crippen LogP contribution in [0.2, 0.25) is 5.02 Å². The highest BCUT2D eigenvalue weighted by Gasteiger charge is 2.17. The Labute approximate surface area is 124 Å². The smallest absolute Gasteiger partial charge is 0.295 e. The van der Waals surface area contributed by atoms with Gasteiger partial charge in [-0.15, -0.1) is 0 Å². The van der Waals surface area contributed by atoms with E-state index >= 15 is 0 Å². The number of hydrogen-bond donors (Lipinski definition) is 1. The van der Waals surface area contributed by atoms with Crippen LogP contribution in [-0.4, -0.2) is 4.92 Å². The SMILES string of the molecule is CC(Nc1ccc(F)cc1[N+](=O)[O-])c1ccc(Cl)c(F)c1. The quantitative estimate of drug-likeness (QED) is 0.657. The van der Waals surface area contributed by atoms with E-state index in [1.165, 1.54) is 18.2 Å². The minimum absolute atomic E-state index is 0.00119. The van der Waals surface area contributed by atoms with Gasteiger partial charge in [-0.25, -0.2) is 8.78 Å². The van der Waals surface area contributed by atoms with Gasteiger partial charge in [0.2, 0.25) is 0 Å². The Morgan fingerprint density at radius 2 is 1.95 bits per heavy atom. The number of nitro groups is 1.